The summed E-state index contributed by atoms with van der Waals surface area (Å²) in [5.74, 6) is -1.63. The monoisotopic (exact) mass is 414 g/mol. The minimum atomic E-state index is -0.927. The zero-order valence-electron chi connectivity index (χ0n) is 18.0. The van der Waals surface area contributed by atoms with Crippen LogP contribution in [0.5, 0.6) is 0 Å². The minimum Gasteiger partial charge on any atom is -0.379 e. The number of unbranched alkanes of at least 4 members (excludes halogenated alkanes) is 3. The maximum Gasteiger partial charge on any atom is 0.170 e. The average Bonchev–Trinajstić information content (AvgIpc) is 2.75. The van der Waals surface area contributed by atoms with Crippen molar-refractivity contribution >= 4 is 6.08 Å². The van der Waals surface area contributed by atoms with Crippen LogP contribution >= 0.6 is 0 Å². The van der Waals surface area contributed by atoms with E-state index in [0.717, 1.165) is 37.9 Å². The molecule has 0 bridgehead atoms. The van der Waals surface area contributed by atoms with Crippen molar-refractivity contribution in [2.45, 2.75) is 64.9 Å². The second-order valence-electron chi connectivity index (χ2n) is 7.45. The van der Waals surface area contributed by atoms with Gasteiger partial charge in [-0.1, -0.05) is 44.1 Å². The van der Waals surface area contributed by atoms with E-state index in [2.05, 4.69) is 36.5 Å². The Labute approximate surface area is 178 Å². The third-order valence-corrected chi connectivity index (χ3v) is 4.88. The Balaban J connectivity index is 1.83. The lowest BCUT2D eigenvalue weighted by Crippen LogP contribution is -2.08. The molecule has 2 aromatic rings. The molecule has 0 N–H and O–H groups in total. The van der Waals surface area contributed by atoms with Crippen LogP contribution in [0.2, 0.25) is 0 Å². The standard InChI is InChI=1S/C25H32F2N2O/c1-4-6-10-16-30-19(3)12-8-7-9-13-20-17-28-25(29-18-20)22-15-14-21(11-5-2)23(26)24(22)27/h5,9,13-15,17-19H,2,4,6-8,10-12,16H2,1,3H3. The first-order valence-corrected chi connectivity index (χ1v) is 10.7. The quantitative estimate of drug-likeness (QED) is 0.263. The molecule has 162 valence electrons. The van der Waals surface area contributed by atoms with E-state index < -0.39 is 11.6 Å². The predicted molar refractivity (Wildman–Crippen MR) is 119 cm³/mol. The summed E-state index contributed by atoms with van der Waals surface area (Å²) in [7, 11) is 0. The van der Waals surface area contributed by atoms with Gasteiger partial charge in [0.05, 0.1) is 11.7 Å². The van der Waals surface area contributed by atoms with E-state index in [1.807, 2.05) is 6.08 Å². The number of halogens is 2. The molecule has 3 nitrogen and oxygen atoms in total. The van der Waals surface area contributed by atoms with Gasteiger partial charge in [0.2, 0.25) is 0 Å². The highest BCUT2D eigenvalue weighted by Gasteiger charge is 2.15. The highest BCUT2D eigenvalue weighted by atomic mass is 19.2. The Morgan fingerprint density at radius 2 is 1.87 bits per heavy atom. The van der Waals surface area contributed by atoms with Crippen LogP contribution in [-0.2, 0) is 11.2 Å². The van der Waals surface area contributed by atoms with Crippen molar-refractivity contribution in [2.24, 2.45) is 0 Å². The first kappa shape index (κ1) is 23.9. The highest BCUT2D eigenvalue weighted by molar-refractivity contribution is 5.58. The van der Waals surface area contributed by atoms with Gasteiger partial charge in [-0.15, -0.1) is 6.58 Å². The second kappa shape index (κ2) is 13.0. The lowest BCUT2D eigenvalue weighted by molar-refractivity contribution is 0.0566. The molecule has 1 unspecified atom stereocenters. The van der Waals surface area contributed by atoms with Crippen molar-refractivity contribution in [1.29, 1.82) is 0 Å². The van der Waals surface area contributed by atoms with Gasteiger partial charge in [0, 0.05) is 24.6 Å². The fraction of sp³-hybridized carbons (Fsp3) is 0.440. The summed E-state index contributed by atoms with van der Waals surface area (Å²) in [5, 5.41) is 0. The molecular weight excluding hydrogens is 382 g/mol. The fourth-order valence-electron chi connectivity index (χ4n) is 3.10. The van der Waals surface area contributed by atoms with E-state index in [9.17, 15) is 8.78 Å². The summed E-state index contributed by atoms with van der Waals surface area (Å²) in [6, 6.07) is 3.05. The number of nitrogens with zero attached hydrogens (tertiary/aromatic N) is 2. The summed E-state index contributed by atoms with van der Waals surface area (Å²) < 4.78 is 34.2. The average molecular weight is 415 g/mol. The third-order valence-electron chi connectivity index (χ3n) is 4.88. The smallest absolute Gasteiger partial charge is 0.170 e. The van der Waals surface area contributed by atoms with Crippen LogP contribution in [0.15, 0.2) is 43.3 Å². The van der Waals surface area contributed by atoms with E-state index in [-0.39, 0.29) is 29.5 Å². The molecular formula is C25H32F2N2O. The van der Waals surface area contributed by atoms with Gasteiger partial charge in [-0.2, -0.15) is 0 Å². The molecule has 0 fully saturated rings. The van der Waals surface area contributed by atoms with E-state index in [1.165, 1.54) is 25.0 Å². The van der Waals surface area contributed by atoms with Gasteiger partial charge in [0.1, 0.15) is 0 Å². The molecule has 5 heteroatoms. The third kappa shape index (κ3) is 7.45. The number of hydrogen-bond acceptors (Lipinski definition) is 3. The molecule has 0 aliphatic heterocycles. The second-order valence-corrected chi connectivity index (χ2v) is 7.45. The van der Waals surface area contributed by atoms with Crippen molar-refractivity contribution in [3.8, 4) is 11.4 Å². The van der Waals surface area contributed by atoms with Crippen molar-refractivity contribution in [3.05, 3.63) is 66.0 Å². The lowest BCUT2D eigenvalue weighted by Gasteiger charge is -2.11. The van der Waals surface area contributed by atoms with Crippen molar-refractivity contribution in [3.63, 3.8) is 0 Å². The molecule has 1 atom stereocenters. The van der Waals surface area contributed by atoms with E-state index >= 15 is 0 Å². The Bertz CT molecular complexity index is 819. The lowest BCUT2D eigenvalue weighted by atomic mass is 10.1. The molecule has 0 saturated carbocycles. The number of hydrogen-bond donors (Lipinski definition) is 0. The van der Waals surface area contributed by atoms with Crippen molar-refractivity contribution in [2.75, 3.05) is 6.61 Å². The van der Waals surface area contributed by atoms with Crippen LogP contribution in [-0.4, -0.2) is 22.7 Å². The van der Waals surface area contributed by atoms with Crippen LogP contribution in [0.1, 0.15) is 63.5 Å². The van der Waals surface area contributed by atoms with Gasteiger partial charge in [0.15, 0.2) is 17.5 Å². The maximum atomic E-state index is 14.3. The molecule has 0 spiro atoms. The minimum absolute atomic E-state index is 0.0590. The number of ether oxygens (including phenoxy) is 1. The Morgan fingerprint density at radius 3 is 2.57 bits per heavy atom. The number of benzene rings is 1. The summed E-state index contributed by atoms with van der Waals surface area (Å²) >= 11 is 0. The Hall–Kier alpha value is -2.40. The predicted octanol–water partition coefficient (Wildman–Crippen LogP) is 6.93. The fourth-order valence-corrected chi connectivity index (χ4v) is 3.10. The van der Waals surface area contributed by atoms with Gasteiger partial charge in [-0.3, -0.25) is 0 Å². The molecule has 0 amide bonds. The van der Waals surface area contributed by atoms with E-state index in [4.69, 9.17) is 4.74 Å². The normalized spacial score (nSPS) is 12.4. The molecule has 0 aliphatic rings. The van der Waals surface area contributed by atoms with Gasteiger partial charge in [-0.05, 0) is 50.7 Å². The van der Waals surface area contributed by atoms with Crippen LogP contribution in [0, 0.1) is 11.6 Å². The Kier molecular flexibility index (Phi) is 10.4. The van der Waals surface area contributed by atoms with Crippen LogP contribution in [0.3, 0.4) is 0 Å². The van der Waals surface area contributed by atoms with E-state index in [0.29, 0.717) is 0 Å². The molecule has 0 aliphatic carbocycles. The molecule has 0 saturated heterocycles. The van der Waals surface area contributed by atoms with Gasteiger partial charge in [-0.25, -0.2) is 18.7 Å². The molecule has 1 aromatic heterocycles. The summed E-state index contributed by atoms with van der Waals surface area (Å²) in [4.78, 5) is 8.39. The van der Waals surface area contributed by atoms with Crippen LogP contribution in [0.25, 0.3) is 17.5 Å². The summed E-state index contributed by atoms with van der Waals surface area (Å²) in [6.45, 7) is 8.70. The summed E-state index contributed by atoms with van der Waals surface area (Å²) in [6.07, 6.45) is 15.9. The summed E-state index contributed by atoms with van der Waals surface area (Å²) in [5.41, 5.74) is 1.15. The molecule has 0 radical (unpaired) electrons. The van der Waals surface area contributed by atoms with Gasteiger partial charge in [0.25, 0.3) is 0 Å². The maximum absolute atomic E-state index is 14.3. The molecule has 1 aromatic carbocycles. The van der Waals surface area contributed by atoms with Gasteiger partial charge < -0.3 is 4.74 Å². The highest BCUT2D eigenvalue weighted by Crippen LogP contribution is 2.24. The first-order valence-electron chi connectivity index (χ1n) is 10.7. The number of allylic oxidation sites excluding steroid dienone is 2. The molecule has 2 rings (SSSR count). The van der Waals surface area contributed by atoms with E-state index in [1.54, 1.807) is 18.5 Å². The van der Waals surface area contributed by atoms with Gasteiger partial charge >= 0.3 is 0 Å². The SMILES string of the molecule is C=CCc1ccc(-c2ncc(C=CCCCC(C)OCCCCC)cn2)c(F)c1F. The van der Waals surface area contributed by atoms with Crippen molar-refractivity contribution in [1.82, 2.24) is 9.97 Å². The van der Waals surface area contributed by atoms with Crippen LogP contribution < -0.4 is 0 Å². The van der Waals surface area contributed by atoms with Crippen LogP contribution in [0.4, 0.5) is 8.78 Å². The Morgan fingerprint density at radius 1 is 1.10 bits per heavy atom. The topological polar surface area (TPSA) is 35.0 Å². The zero-order valence-corrected chi connectivity index (χ0v) is 18.0. The molecule has 30 heavy (non-hydrogen) atoms. The zero-order chi connectivity index (χ0) is 21.8. The first-order chi connectivity index (χ1) is 14.6. The number of aromatic nitrogens is 2. The van der Waals surface area contributed by atoms with Crippen molar-refractivity contribution < 1.29 is 13.5 Å². The molecule has 1 heterocycles. The number of rotatable bonds is 13. The largest absolute Gasteiger partial charge is 0.379 e.